The molecule has 6 nitrogen and oxygen atoms in total. The largest absolute Gasteiger partial charge is 0.465 e. The van der Waals surface area contributed by atoms with E-state index in [0.29, 0.717) is 12.2 Å². The zero-order valence-electron chi connectivity index (χ0n) is 11.9. The number of anilines is 1. The molecule has 0 amide bonds. The van der Waals surface area contributed by atoms with Gasteiger partial charge in [0, 0.05) is 17.0 Å². The number of carbonyl (C=O) groups excluding carboxylic acids is 1. The second-order valence-corrected chi connectivity index (χ2v) is 7.97. The van der Waals surface area contributed by atoms with Crippen molar-refractivity contribution in [3.05, 3.63) is 23.8 Å². The van der Waals surface area contributed by atoms with Gasteiger partial charge in [0.2, 0.25) is 10.0 Å². The molecule has 0 radical (unpaired) electrons. The SMILES string of the molecule is COC(=O)c1cc(N)ccc1S(=O)(=O)NCC1(SC)CC1. The molecule has 8 heteroatoms. The van der Waals surface area contributed by atoms with E-state index >= 15 is 0 Å². The van der Waals surface area contributed by atoms with Crippen LogP contribution in [0.4, 0.5) is 5.69 Å². The van der Waals surface area contributed by atoms with E-state index in [1.54, 1.807) is 11.8 Å². The highest BCUT2D eigenvalue weighted by atomic mass is 32.2. The molecule has 0 atom stereocenters. The Morgan fingerprint density at radius 3 is 2.67 bits per heavy atom. The Labute approximate surface area is 128 Å². The Balaban J connectivity index is 2.29. The molecule has 0 aliphatic heterocycles. The number of esters is 1. The van der Waals surface area contributed by atoms with Crippen LogP contribution in [0.25, 0.3) is 0 Å². The highest BCUT2D eigenvalue weighted by molar-refractivity contribution is 8.00. The van der Waals surface area contributed by atoms with Gasteiger partial charge in [-0.25, -0.2) is 17.9 Å². The van der Waals surface area contributed by atoms with Crippen molar-refractivity contribution >= 4 is 33.4 Å². The summed E-state index contributed by atoms with van der Waals surface area (Å²) in [6.07, 6.45) is 3.94. The van der Waals surface area contributed by atoms with Gasteiger partial charge in [-0.2, -0.15) is 11.8 Å². The molecule has 1 aliphatic carbocycles. The van der Waals surface area contributed by atoms with Crippen LogP contribution in [0.1, 0.15) is 23.2 Å². The number of nitrogen functional groups attached to an aromatic ring is 1. The van der Waals surface area contributed by atoms with Crippen molar-refractivity contribution in [1.29, 1.82) is 0 Å². The molecule has 0 spiro atoms. The first-order chi connectivity index (χ1) is 9.83. The maximum Gasteiger partial charge on any atom is 0.339 e. The molecule has 0 heterocycles. The van der Waals surface area contributed by atoms with Crippen molar-refractivity contribution < 1.29 is 17.9 Å². The van der Waals surface area contributed by atoms with E-state index in [1.807, 2.05) is 6.26 Å². The minimum absolute atomic E-state index is 0.00763. The summed E-state index contributed by atoms with van der Waals surface area (Å²) in [4.78, 5) is 11.6. The molecular formula is C13H18N2O4S2. The van der Waals surface area contributed by atoms with Gasteiger partial charge >= 0.3 is 5.97 Å². The number of carbonyl (C=O) groups is 1. The molecule has 1 aromatic carbocycles. The lowest BCUT2D eigenvalue weighted by atomic mass is 10.2. The number of methoxy groups -OCH3 is 1. The maximum atomic E-state index is 12.4. The molecule has 0 aromatic heterocycles. The lowest BCUT2D eigenvalue weighted by molar-refractivity contribution is 0.0596. The molecule has 1 aromatic rings. The molecule has 1 fully saturated rings. The van der Waals surface area contributed by atoms with Crippen molar-refractivity contribution in [3.63, 3.8) is 0 Å². The average Bonchev–Trinajstić information content (AvgIpc) is 3.25. The fourth-order valence-electron chi connectivity index (χ4n) is 1.95. The van der Waals surface area contributed by atoms with Gasteiger partial charge in [0.25, 0.3) is 0 Å². The number of nitrogens with one attached hydrogen (secondary N) is 1. The number of rotatable bonds is 6. The van der Waals surface area contributed by atoms with Gasteiger partial charge in [-0.1, -0.05) is 0 Å². The van der Waals surface area contributed by atoms with Crippen LogP contribution in [-0.2, 0) is 14.8 Å². The predicted octanol–water partition coefficient (Wildman–Crippen LogP) is 1.23. The van der Waals surface area contributed by atoms with E-state index < -0.39 is 16.0 Å². The molecule has 1 saturated carbocycles. The van der Waals surface area contributed by atoms with Crippen molar-refractivity contribution in [2.75, 3.05) is 25.6 Å². The van der Waals surface area contributed by atoms with Gasteiger partial charge in [-0.3, -0.25) is 0 Å². The molecule has 21 heavy (non-hydrogen) atoms. The van der Waals surface area contributed by atoms with E-state index in [1.165, 1.54) is 25.3 Å². The van der Waals surface area contributed by atoms with Crippen LogP contribution in [0.2, 0.25) is 0 Å². The number of benzene rings is 1. The third-order valence-electron chi connectivity index (χ3n) is 3.52. The number of ether oxygens (including phenoxy) is 1. The van der Waals surface area contributed by atoms with E-state index in [0.717, 1.165) is 12.8 Å². The first kappa shape index (κ1) is 16.1. The second kappa shape index (κ2) is 5.86. The Hall–Kier alpha value is -1.25. The van der Waals surface area contributed by atoms with E-state index in [2.05, 4.69) is 9.46 Å². The van der Waals surface area contributed by atoms with Gasteiger partial charge in [-0.15, -0.1) is 0 Å². The molecule has 1 aliphatic rings. The van der Waals surface area contributed by atoms with Crippen LogP contribution in [0.3, 0.4) is 0 Å². The number of hydrogen-bond acceptors (Lipinski definition) is 6. The average molecular weight is 330 g/mol. The van der Waals surface area contributed by atoms with Crippen LogP contribution >= 0.6 is 11.8 Å². The quantitative estimate of drug-likeness (QED) is 0.601. The van der Waals surface area contributed by atoms with Gasteiger partial charge < -0.3 is 10.5 Å². The zero-order valence-corrected chi connectivity index (χ0v) is 13.5. The summed E-state index contributed by atoms with van der Waals surface area (Å²) < 4.78 is 32.0. The van der Waals surface area contributed by atoms with Crippen molar-refractivity contribution in [2.45, 2.75) is 22.5 Å². The van der Waals surface area contributed by atoms with E-state index in [-0.39, 0.29) is 15.2 Å². The maximum absolute atomic E-state index is 12.4. The molecule has 0 unspecified atom stereocenters. The Morgan fingerprint density at radius 1 is 1.48 bits per heavy atom. The lowest BCUT2D eigenvalue weighted by Crippen LogP contribution is -2.32. The summed E-state index contributed by atoms with van der Waals surface area (Å²) in [5.74, 6) is -0.728. The van der Waals surface area contributed by atoms with E-state index in [4.69, 9.17) is 5.73 Å². The van der Waals surface area contributed by atoms with Gasteiger partial charge in [-0.05, 0) is 37.3 Å². The van der Waals surface area contributed by atoms with Gasteiger partial charge in [0.15, 0.2) is 0 Å². The molecule has 3 N–H and O–H groups in total. The van der Waals surface area contributed by atoms with Crippen LogP contribution < -0.4 is 10.5 Å². The molecular weight excluding hydrogens is 312 g/mol. The van der Waals surface area contributed by atoms with Crippen LogP contribution in [0.15, 0.2) is 23.1 Å². The van der Waals surface area contributed by atoms with Crippen molar-refractivity contribution in [2.24, 2.45) is 0 Å². The molecule has 116 valence electrons. The standard InChI is InChI=1S/C13H18N2O4S2/c1-19-12(16)10-7-9(14)3-4-11(10)21(17,18)15-8-13(20-2)5-6-13/h3-4,7,15H,5-6,8,14H2,1-2H3. The molecule has 0 saturated heterocycles. The number of hydrogen-bond donors (Lipinski definition) is 2. The fourth-order valence-corrected chi connectivity index (χ4v) is 4.07. The topological polar surface area (TPSA) is 98.5 Å². The summed E-state index contributed by atoms with van der Waals surface area (Å²) in [6.45, 7) is 0.349. The normalized spacial score (nSPS) is 16.5. The summed E-state index contributed by atoms with van der Waals surface area (Å²) in [5, 5.41) is 0. The smallest absolute Gasteiger partial charge is 0.339 e. The highest BCUT2D eigenvalue weighted by Gasteiger charge is 2.42. The van der Waals surface area contributed by atoms with Gasteiger partial charge in [0.05, 0.1) is 17.6 Å². The summed E-state index contributed by atoms with van der Waals surface area (Å²) in [5.41, 5.74) is 5.86. The summed E-state index contributed by atoms with van der Waals surface area (Å²) in [7, 11) is -2.59. The minimum Gasteiger partial charge on any atom is -0.465 e. The van der Waals surface area contributed by atoms with Crippen molar-refractivity contribution in [3.8, 4) is 0 Å². The predicted molar refractivity (Wildman–Crippen MR) is 82.9 cm³/mol. The Kier molecular flexibility index (Phi) is 4.50. The van der Waals surface area contributed by atoms with E-state index in [9.17, 15) is 13.2 Å². The minimum atomic E-state index is -3.79. The van der Waals surface area contributed by atoms with Crippen LogP contribution in [0.5, 0.6) is 0 Å². The first-order valence-electron chi connectivity index (χ1n) is 6.36. The zero-order chi connectivity index (χ0) is 15.7. The fraction of sp³-hybridized carbons (Fsp3) is 0.462. The Morgan fingerprint density at radius 2 is 2.14 bits per heavy atom. The van der Waals surface area contributed by atoms with Crippen LogP contribution in [-0.4, -0.2) is 39.0 Å². The number of sulfonamides is 1. The van der Waals surface area contributed by atoms with Crippen molar-refractivity contribution in [1.82, 2.24) is 4.72 Å². The second-order valence-electron chi connectivity index (χ2n) is 4.96. The number of nitrogens with two attached hydrogens (primary N) is 1. The third kappa shape index (κ3) is 3.50. The monoisotopic (exact) mass is 330 g/mol. The highest BCUT2D eigenvalue weighted by Crippen LogP contribution is 2.46. The Bertz CT molecular complexity index is 654. The first-order valence-corrected chi connectivity index (χ1v) is 9.07. The third-order valence-corrected chi connectivity index (χ3v) is 6.40. The molecule has 2 rings (SSSR count). The summed E-state index contributed by atoms with van der Waals surface area (Å²) >= 11 is 1.65. The van der Waals surface area contributed by atoms with Gasteiger partial charge in [0.1, 0.15) is 0 Å². The molecule has 0 bridgehead atoms. The lowest BCUT2D eigenvalue weighted by Gasteiger charge is -2.15. The number of thioether (sulfide) groups is 1. The van der Waals surface area contributed by atoms with Crippen LogP contribution in [0, 0.1) is 0 Å². The summed E-state index contributed by atoms with van der Waals surface area (Å²) in [6, 6.07) is 4.08.